The summed E-state index contributed by atoms with van der Waals surface area (Å²) in [6, 6.07) is 0.771. The molecule has 1 aliphatic rings. The molecule has 0 spiro atoms. The zero-order chi connectivity index (χ0) is 11.5. The minimum Gasteiger partial charge on any atom is -0.468 e. The van der Waals surface area contributed by atoms with Crippen LogP contribution in [0.15, 0.2) is 0 Å². The summed E-state index contributed by atoms with van der Waals surface area (Å²) in [5.41, 5.74) is 5.02. The Labute approximate surface area is 91.8 Å². The Bertz CT molecular complexity index is 225. The number of carbonyl (C=O) groups excluding carboxylic acids is 1. The van der Waals surface area contributed by atoms with Crippen molar-refractivity contribution in [1.82, 2.24) is 4.90 Å². The van der Waals surface area contributed by atoms with Gasteiger partial charge in [-0.05, 0) is 46.2 Å². The summed E-state index contributed by atoms with van der Waals surface area (Å²) in [4.78, 5) is 13.6. The van der Waals surface area contributed by atoms with Gasteiger partial charge in [-0.25, -0.2) is 0 Å². The van der Waals surface area contributed by atoms with E-state index >= 15 is 0 Å². The summed E-state index contributed by atoms with van der Waals surface area (Å²) < 4.78 is 4.65. The first kappa shape index (κ1) is 12.5. The number of hydrogen-bond donors (Lipinski definition) is 1. The fourth-order valence-electron chi connectivity index (χ4n) is 1.73. The summed E-state index contributed by atoms with van der Waals surface area (Å²) in [6.45, 7) is 2.74. The molecule has 88 valence electrons. The molecule has 0 aromatic heterocycles. The molecule has 0 aromatic carbocycles. The SMILES string of the molecule is COC(=O)C(C)(N)CCCN(C)C1CC1. The van der Waals surface area contributed by atoms with E-state index in [1.807, 2.05) is 0 Å². The van der Waals surface area contributed by atoms with E-state index in [-0.39, 0.29) is 5.97 Å². The van der Waals surface area contributed by atoms with Crippen molar-refractivity contribution in [3.8, 4) is 0 Å². The van der Waals surface area contributed by atoms with E-state index < -0.39 is 5.54 Å². The van der Waals surface area contributed by atoms with Gasteiger partial charge < -0.3 is 15.4 Å². The predicted molar refractivity (Wildman–Crippen MR) is 59.5 cm³/mol. The van der Waals surface area contributed by atoms with Gasteiger partial charge in [-0.2, -0.15) is 0 Å². The third-order valence-electron chi connectivity index (χ3n) is 3.03. The van der Waals surface area contributed by atoms with Crippen molar-refractivity contribution in [3.05, 3.63) is 0 Å². The molecule has 4 heteroatoms. The fraction of sp³-hybridized carbons (Fsp3) is 0.909. The maximum absolute atomic E-state index is 11.3. The predicted octanol–water partition coefficient (Wildman–Crippen LogP) is 0.751. The number of nitrogens with zero attached hydrogens (tertiary/aromatic N) is 1. The fourth-order valence-corrected chi connectivity index (χ4v) is 1.73. The number of methoxy groups -OCH3 is 1. The van der Waals surface area contributed by atoms with Crippen molar-refractivity contribution in [2.45, 2.75) is 44.2 Å². The van der Waals surface area contributed by atoms with Gasteiger partial charge in [0.05, 0.1) is 7.11 Å². The summed E-state index contributed by atoms with van der Waals surface area (Å²) in [6.07, 6.45) is 4.24. The number of nitrogens with two attached hydrogens (primary N) is 1. The van der Waals surface area contributed by atoms with Crippen LogP contribution in [0.2, 0.25) is 0 Å². The number of hydrogen-bond acceptors (Lipinski definition) is 4. The largest absolute Gasteiger partial charge is 0.468 e. The molecule has 2 N–H and O–H groups in total. The molecule has 1 aliphatic carbocycles. The van der Waals surface area contributed by atoms with Crippen LogP contribution in [0, 0.1) is 0 Å². The Hall–Kier alpha value is -0.610. The standard InChI is InChI=1S/C11H22N2O2/c1-11(12,10(14)15-3)7-4-8-13(2)9-5-6-9/h9H,4-8,12H2,1-3H3. The number of esters is 1. The Morgan fingerprint density at radius 1 is 1.60 bits per heavy atom. The molecule has 0 amide bonds. The molecule has 1 saturated carbocycles. The van der Waals surface area contributed by atoms with Crippen LogP contribution in [0.5, 0.6) is 0 Å². The van der Waals surface area contributed by atoms with Crippen LogP contribution in [-0.2, 0) is 9.53 Å². The lowest BCUT2D eigenvalue weighted by molar-refractivity contribution is -0.146. The van der Waals surface area contributed by atoms with E-state index in [0.29, 0.717) is 6.42 Å². The van der Waals surface area contributed by atoms with Gasteiger partial charge in [-0.3, -0.25) is 4.79 Å². The maximum Gasteiger partial charge on any atom is 0.325 e. The Kier molecular flexibility index (Phi) is 4.11. The van der Waals surface area contributed by atoms with Gasteiger partial charge in [0.25, 0.3) is 0 Å². The summed E-state index contributed by atoms with van der Waals surface area (Å²) in [7, 11) is 3.51. The van der Waals surface area contributed by atoms with Gasteiger partial charge in [0.2, 0.25) is 0 Å². The van der Waals surface area contributed by atoms with Gasteiger partial charge in [-0.1, -0.05) is 0 Å². The highest BCUT2D eigenvalue weighted by molar-refractivity contribution is 5.79. The molecule has 4 nitrogen and oxygen atoms in total. The average molecular weight is 214 g/mol. The van der Waals surface area contributed by atoms with Crippen molar-refractivity contribution >= 4 is 5.97 Å². The van der Waals surface area contributed by atoms with Crippen molar-refractivity contribution < 1.29 is 9.53 Å². The minimum absolute atomic E-state index is 0.323. The van der Waals surface area contributed by atoms with Gasteiger partial charge in [0.1, 0.15) is 5.54 Å². The second-order valence-electron chi connectivity index (χ2n) is 4.72. The highest BCUT2D eigenvalue weighted by Gasteiger charge is 2.30. The smallest absolute Gasteiger partial charge is 0.325 e. The Morgan fingerprint density at radius 2 is 2.20 bits per heavy atom. The highest BCUT2D eigenvalue weighted by atomic mass is 16.5. The molecule has 0 radical (unpaired) electrons. The van der Waals surface area contributed by atoms with Gasteiger partial charge >= 0.3 is 5.97 Å². The lowest BCUT2D eigenvalue weighted by atomic mass is 9.97. The first-order chi connectivity index (χ1) is 6.97. The molecule has 15 heavy (non-hydrogen) atoms. The molecule has 0 aromatic rings. The van der Waals surface area contributed by atoms with E-state index in [1.54, 1.807) is 6.92 Å². The molecule has 0 saturated heterocycles. The van der Waals surface area contributed by atoms with Crippen LogP contribution in [0.25, 0.3) is 0 Å². The third kappa shape index (κ3) is 3.80. The van der Waals surface area contributed by atoms with E-state index in [1.165, 1.54) is 20.0 Å². The van der Waals surface area contributed by atoms with E-state index in [4.69, 9.17) is 5.73 Å². The van der Waals surface area contributed by atoms with Crippen molar-refractivity contribution in [2.24, 2.45) is 5.73 Å². The molecule has 1 fully saturated rings. The van der Waals surface area contributed by atoms with Crippen LogP contribution in [-0.4, -0.2) is 43.2 Å². The molecule has 0 bridgehead atoms. The normalized spacial score (nSPS) is 20.1. The van der Waals surface area contributed by atoms with Gasteiger partial charge in [0.15, 0.2) is 0 Å². The zero-order valence-electron chi connectivity index (χ0n) is 9.95. The second kappa shape index (κ2) is 4.94. The number of carbonyl (C=O) groups is 1. The second-order valence-corrected chi connectivity index (χ2v) is 4.72. The Morgan fingerprint density at radius 3 is 2.67 bits per heavy atom. The van der Waals surface area contributed by atoms with Gasteiger partial charge in [-0.15, -0.1) is 0 Å². The highest BCUT2D eigenvalue weighted by Crippen LogP contribution is 2.25. The molecule has 1 rings (SSSR count). The van der Waals surface area contributed by atoms with Crippen LogP contribution >= 0.6 is 0 Å². The van der Waals surface area contributed by atoms with Crippen LogP contribution < -0.4 is 5.73 Å². The summed E-state index contributed by atoms with van der Waals surface area (Å²) in [5, 5.41) is 0. The third-order valence-corrected chi connectivity index (χ3v) is 3.03. The molecule has 0 heterocycles. The van der Waals surface area contributed by atoms with Crippen LogP contribution in [0.1, 0.15) is 32.6 Å². The molecular weight excluding hydrogens is 192 g/mol. The lowest BCUT2D eigenvalue weighted by Gasteiger charge is -2.23. The van der Waals surface area contributed by atoms with Crippen molar-refractivity contribution in [2.75, 3.05) is 20.7 Å². The van der Waals surface area contributed by atoms with E-state index in [9.17, 15) is 4.79 Å². The molecular formula is C11H22N2O2. The molecule has 1 unspecified atom stereocenters. The van der Waals surface area contributed by atoms with Crippen LogP contribution in [0.4, 0.5) is 0 Å². The maximum atomic E-state index is 11.3. The van der Waals surface area contributed by atoms with E-state index in [0.717, 1.165) is 19.0 Å². The monoisotopic (exact) mass is 214 g/mol. The van der Waals surface area contributed by atoms with E-state index in [2.05, 4.69) is 16.7 Å². The molecule has 1 atom stereocenters. The summed E-state index contributed by atoms with van der Waals surface area (Å²) >= 11 is 0. The zero-order valence-corrected chi connectivity index (χ0v) is 9.95. The molecule has 0 aliphatic heterocycles. The topological polar surface area (TPSA) is 55.6 Å². The Balaban J connectivity index is 2.20. The van der Waals surface area contributed by atoms with Crippen LogP contribution in [0.3, 0.4) is 0 Å². The minimum atomic E-state index is -0.834. The first-order valence-electron chi connectivity index (χ1n) is 5.55. The quantitative estimate of drug-likeness (QED) is 0.663. The van der Waals surface area contributed by atoms with Crippen molar-refractivity contribution in [3.63, 3.8) is 0 Å². The van der Waals surface area contributed by atoms with Gasteiger partial charge in [0, 0.05) is 6.04 Å². The number of ether oxygens (including phenoxy) is 1. The first-order valence-corrected chi connectivity index (χ1v) is 5.55. The average Bonchev–Trinajstić information content (AvgIpc) is 2.99. The summed E-state index contributed by atoms with van der Waals surface area (Å²) in [5.74, 6) is -0.323. The lowest BCUT2D eigenvalue weighted by Crippen LogP contribution is -2.46. The van der Waals surface area contributed by atoms with Crippen molar-refractivity contribution in [1.29, 1.82) is 0 Å². The number of rotatable bonds is 6.